The Labute approximate surface area is 163 Å². The molecule has 140 valence electrons. The van der Waals surface area contributed by atoms with Crippen LogP contribution in [-0.2, 0) is 6.54 Å². The molecule has 0 saturated heterocycles. The molecule has 1 aliphatic heterocycles. The average Bonchev–Trinajstić information content (AvgIpc) is 3.16. The number of para-hydroxylation sites is 1. The van der Waals surface area contributed by atoms with Crippen molar-refractivity contribution in [3.05, 3.63) is 66.0 Å². The summed E-state index contributed by atoms with van der Waals surface area (Å²) in [6.45, 7) is 1.76. The zero-order chi connectivity index (χ0) is 18.6. The van der Waals surface area contributed by atoms with E-state index in [4.69, 9.17) is 9.47 Å². The van der Waals surface area contributed by atoms with E-state index in [0.717, 1.165) is 36.7 Å². The van der Waals surface area contributed by atoms with Gasteiger partial charge in [0.05, 0.1) is 32.1 Å². The number of hydrogen-bond acceptors (Lipinski definition) is 5. The highest BCUT2D eigenvalue weighted by molar-refractivity contribution is 7.99. The van der Waals surface area contributed by atoms with E-state index in [-0.39, 0.29) is 0 Å². The van der Waals surface area contributed by atoms with E-state index in [1.54, 1.807) is 20.4 Å². The molecule has 0 aliphatic carbocycles. The highest BCUT2D eigenvalue weighted by atomic mass is 32.2. The van der Waals surface area contributed by atoms with Crippen LogP contribution in [0, 0.1) is 0 Å². The molecule has 5 nitrogen and oxygen atoms in total. The maximum atomic E-state index is 5.62. The molecule has 0 fully saturated rings. The number of H-pyrrole nitrogens is 1. The van der Waals surface area contributed by atoms with Gasteiger partial charge in [-0.1, -0.05) is 18.2 Å². The van der Waals surface area contributed by atoms with Gasteiger partial charge >= 0.3 is 0 Å². The molecule has 2 aromatic carbocycles. The van der Waals surface area contributed by atoms with Crippen LogP contribution in [0.3, 0.4) is 0 Å². The third-order valence-electron chi connectivity index (χ3n) is 4.84. The van der Waals surface area contributed by atoms with Crippen LogP contribution in [0.2, 0.25) is 0 Å². The summed E-state index contributed by atoms with van der Waals surface area (Å²) >= 11 is 1.88. The SMILES string of the molecule is COc1ccc2c(c1)S[C@@H](c1ccccc1OC)CCN2Cc1ccn[nH]1. The van der Waals surface area contributed by atoms with Gasteiger partial charge in [0, 0.05) is 28.5 Å². The van der Waals surface area contributed by atoms with Gasteiger partial charge in [0.2, 0.25) is 0 Å². The van der Waals surface area contributed by atoms with Crippen LogP contribution in [0.25, 0.3) is 0 Å². The highest BCUT2D eigenvalue weighted by Gasteiger charge is 2.26. The lowest BCUT2D eigenvalue weighted by Crippen LogP contribution is -2.24. The second-order valence-corrected chi connectivity index (χ2v) is 7.72. The van der Waals surface area contributed by atoms with Gasteiger partial charge in [-0.2, -0.15) is 5.10 Å². The van der Waals surface area contributed by atoms with E-state index >= 15 is 0 Å². The predicted octanol–water partition coefficient (Wildman–Crippen LogP) is 4.67. The van der Waals surface area contributed by atoms with Gasteiger partial charge in [-0.25, -0.2) is 0 Å². The standard InChI is InChI=1S/C21H23N3O2S/c1-25-16-7-8-18-21(13-16)27-20(17-5-3-4-6-19(17)26-2)10-12-24(18)14-15-9-11-22-23-15/h3-9,11,13,20H,10,12,14H2,1-2H3,(H,22,23)/t20-/m1/s1. The first-order valence-corrected chi connectivity index (χ1v) is 9.87. The molecular formula is C21H23N3O2S. The van der Waals surface area contributed by atoms with Gasteiger partial charge in [0.15, 0.2) is 0 Å². The number of nitrogens with one attached hydrogen (secondary N) is 1. The third kappa shape index (κ3) is 3.76. The van der Waals surface area contributed by atoms with Crippen molar-refractivity contribution in [1.82, 2.24) is 10.2 Å². The first-order chi connectivity index (χ1) is 13.3. The molecule has 1 atom stereocenters. The normalized spacial score (nSPS) is 16.5. The molecule has 27 heavy (non-hydrogen) atoms. The predicted molar refractivity (Wildman–Crippen MR) is 109 cm³/mol. The van der Waals surface area contributed by atoms with Crippen molar-refractivity contribution < 1.29 is 9.47 Å². The number of anilines is 1. The van der Waals surface area contributed by atoms with Crippen molar-refractivity contribution in [1.29, 1.82) is 0 Å². The summed E-state index contributed by atoms with van der Waals surface area (Å²) < 4.78 is 11.1. The number of aromatic nitrogens is 2. The summed E-state index contributed by atoms with van der Waals surface area (Å²) in [6.07, 6.45) is 2.82. The van der Waals surface area contributed by atoms with Crippen LogP contribution in [0.1, 0.15) is 22.9 Å². The van der Waals surface area contributed by atoms with Gasteiger partial charge in [0.25, 0.3) is 0 Å². The topological polar surface area (TPSA) is 50.4 Å². The fourth-order valence-corrected chi connectivity index (χ4v) is 4.83. The second kappa shape index (κ2) is 7.96. The molecule has 4 rings (SSSR count). The first-order valence-electron chi connectivity index (χ1n) is 8.99. The Morgan fingerprint density at radius 3 is 2.81 bits per heavy atom. The Bertz CT molecular complexity index is 898. The lowest BCUT2D eigenvalue weighted by molar-refractivity contribution is 0.409. The fraction of sp³-hybridized carbons (Fsp3) is 0.286. The smallest absolute Gasteiger partial charge is 0.123 e. The average molecular weight is 382 g/mol. The van der Waals surface area contributed by atoms with Crippen molar-refractivity contribution in [3.8, 4) is 11.5 Å². The van der Waals surface area contributed by atoms with E-state index < -0.39 is 0 Å². The van der Waals surface area contributed by atoms with E-state index in [9.17, 15) is 0 Å². The lowest BCUT2D eigenvalue weighted by atomic mass is 10.1. The van der Waals surface area contributed by atoms with Gasteiger partial charge in [0.1, 0.15) is 11.5 Å². The Balaban J connectivity index is 1.70. The molecule has 0 saturated carbocycles. The number of thioether (sulfide) groups is 1. The van der Waals surface area contributed by atoms with Crippen molar-refractivity contribution in [2.24, 2.45) is 0 Å². The fourth-order valence-electron chi connectivity index (χ4n) is 3.48. The molecule has 2 heterocycles. The van der Waals surface area contributed by atoms with Crippen molar-refractivity contribution in [2.45, 2.75) is 23.1 Å². The molecule has 1 N–H and O–H groups in total. The second-order valence-electron chi connectivity index (χ2n) is 6.47. The summed E-state index contributed by atoms with van der Waals surface area (Å²) in [5, 5.41) is 7.48. The molecule has 3 aromatic rings. The molecule has 1 aromatic heterocycles. The number of hydrogen-bond donors (Lipinski definition) is 1. The maximum absolute atomic E-state index is 5.62. The third-order valence-corrected chi connectivity index (χ3v) is 6.20. The lowest BCUT2D eigenvalue weighted by Gasteiger charge is -2.24. The molecule has 1 aliphatic rings. The van der Waals surface area contributed by atoms with Crippen LogP contribution < -0.4 is 14.4 Å². The number of ether oxygens (including phenoxy) is 2. The van der Waals surface area contributed by atoms with Crippen LogP contribution in [0.15, 0.2) is 59.6 Å². The van der Waals surface area contributed by atoms with Gasteiger partial charge in [-0.15, -0.1) is 11.8 Å². The van der Waals surface area contributed by atoms with Gasteiger partial charge in [-0.05, 0) is 36.8 Å². The Morgan fingerprint density at radius 1 is 1.15 bits per heavy atom. The Kier molecular flexibility index (Phi) is 5.25. The number of nitrogens with zero attached hydrogens (tertiary/aromatic N) is 2. The quantitative estimate of drug-likeness (QED) is 0.696. The van der Waals surface area contributed by atoms with Crippen molar-refractivity contribution in [2.75, 3.05) is 25.7 Å². The number of aromatic amines is 1. The van der Waals surface area contributed by atoms with Crippen LogP contribution in [-0.4, -0.2) is 31.0 Å². The minimum atomic E-state index is 0.318. The minimum Gasteiger partial charge on any atom is -0.497 e. The Morgan fingerprint density at radius 2 is 2.04 bits per heavy atom. The zero-order valence-corrected chi connectivity index (χ0v) is 16.3. The van der Waals surface area contributed by atoms with E-state index in [1.807, 2.05) is 36.0 Å². The molecule has 0 amide bonds. The summed E-state index contributed by atoms with van der Waals surface area (Å²) in [5.41, 5.74) is 3.58. The minimum absolute atomic E-state index is 0.318. The van der Waals surface area contributed by atoms with Crippen molar-refractivity contribution in [3.63, 3.8) is 0 Å². The molecule has 0 spiro atoms. The van der Waals surface area contributed by atoms with Crippen molar-refractivity contribution >= 4 is 17.4 Å². The molecular weight excluding hydrogens is 358 g/mol. The number of fused-ring (bicyclic) bond motifs is 1. The van der Waals surface area contributed by atoms with E-state index in [1.165, 1.54) is 16.1 Å². The van der Waals surface area contributed by atoms with Crippen LogP contribution in [0.4, 0.5) is 5.69 Å². The highest BCUT2D eigenvalue weighted by Crippen LogP contribution is 2.48. The maximum Gasteiger partial charge on any atom is 0.123 e. The van der Waals surface area contributed by atoms with E-state index in [0.29, 0.717) is 5.25 Å². The summed E-state index contributed by atoms with van der Waals surface area (Å²) in [5.74, 6) is 1.82. The summed E-state index contributed by atoms with van der Waals surface area (Å²) in [6, 6.07) is 16.7. The molecule has 0 radical (unpaired) electrons. The number of benzene rings is 2. The largest absolute Gasteiger partial charge is 0.497 e. The van der Waals surface area contributed by atoms with Gasteiger partial charge < -0.3 is 14.4 Å². The number of methoxy groups -OCH3 is 2. The van der Waals surface area contributed by atoms with Crippen LogP contribution in [0.5, 0.6) is 11.5 Å². The first kappa shape index (κ1) is 17.8. The number of rotatable bonds is 5. The Hall–Kier alpha value is -2.60. The summed E-state index contributed by atoms with van der Waals surface area (Å²) in [4.78, 5) is 3.63. The molecule has 6 heteroatoms. The van der Waals surface area contributed by atoms with Crippen LogP contribution >= 0.6 is 11.8 Å². The molecule has 0 unspecified atom stereocenters. The van der Waals surface area contributed by atoms with Gasteiger partial charge in [-0.3, -0.25) is 5.10 Å². The zero-order valence-electron chi connectivity index (χ0n) is 15.5. The monoisotopic (exact) mass is 381 g/mol. The summed E-state index contributed by atoms with van der Waals surface area (Å²) in [7, 11) is 3.45. The van der Waals surface area contributed by atoms with E-state index in [2.05, 4.69) is 39.4 Å². The molecule has 0 bridgehead atoms.